The predicted molar refractivity (Wildman–Crippen MR) is 152 cm³/mol. The number of carbonyl (C=O) groups excluding carboxylic acids is 1. The molecule has 0 spiro atoms. The summed E-state index contributed by atoms with van der Waals surface area (Å²) in [5, 5.41) is 14.2. The van der Waals surface area contributed by atoms with Crippen molar-refractivity contribution in [3.05, 3.63) is 78.2 Å². The monoisotopic (exact) mass is 687 g/mol. The summed E-state index contributed by atoms with van der Waals surface area (Å²) in [5.74, 6) is 2.27. The molecule has 1 radical (unpaired) electrons. The fourth-order valence-corrected chi connectivity index (χ4v) is 5.05. The van der Waals surface area contributed by atoms with E-state index >= 15 is 0 Å². The third-order valence-corrected chi connectivity index (χ3v) is 7.44. The van der Waals surface area contributed by atoms with Crippen LogP contribution in [0.4, 0.5) is 0 Å². The first kappa shape index (κ1) is 29.5. The molecule has 1 N–H and O–H groups in total. The van der Waals surface area contributed by atoms with Crippen LogP contribution in [-0.2, 0) is 24.9 Å². The number of carbonyl (C=O) groups is 1. The van der Waals surface area contributed by atoms with E-state index in [4.69, 9.17) is 4.74 Å². The molecule has 5 rings (SSSR count). The zero-order valence-corrected chi connectivity index (χ0v) is 25.2. The fourth-order valence-electron chi connectivity index (χ4n) is 5.05. The van der Waals surface area contributed by atoms with E-state index in [1.165, 1.54) is 11.6 Å². The van der Waals surface area contributed by atoms with Crippen molar-refractivity contribution in [3.63, 3.8) is 0 Å². The number of aliphatic hydroxyl groups excluding tert-OH is 1. The Balaban J connectivity index is 0.000000223. The number of pyridine rings is 1. The molecule has 1 aromatic heterocycles. The molecular weight excluding hydrogens is 651 g/mol. The van der Waals surface area contributed by atoms with Gasteiger partial charge in [0.05, 0.1) is 11.5 Å². The zero-order valence-electron chi connectivity index (χ0n) is 22.8. The molecule has 0 saturated heterocycles. The molecule has 5 heteroatoms. The Morgan fingerprint density at radius 3 is 2.34 bits per heavy atom. The first-order valence-electron chi connectivity index (χ1n) is 13.4. The van der Waals surface area contributed by atoms with Crippen molar-refractivity contribution in [3.8, 4) is 22.8 Å². The van der Waals surface area contributed by atoms with Crippen molar-refractivity contribution >= 4 is 27.3 Å². The number of hydrogen-bond donors (Lipinski definition) is 1. The topological polar surface area (TPSA) is 59.4 Å². The van der Waals surface area contributed by atoms with Gasteiger partial charge in [-0.05, 0) is 44.2 Å². The van der Waals surface area contributed by atoms with Gasteiger partial charge in [0.2, 0.25) is 0 Å². The van der Waals surface area contributed by atoms with Crippen LogP contribution in [0.2, 0.25) is 0 Å². The predicted octanol–water partition coefficient (Wildman–Crippen LogP) is 9.14. The van der Waals surface area contributed by atoms with Gasteiger partial charge in [-0.15, -0.1) is 23.8 Å². The Morgan fingerprint density at radius 2 is 1.66 bits per heavy atom. The van der Waals surface area contributed by atoms with Gasteiger partial charge in [-0.25, -0.2) is 0 Å². The zero-order chi connectivity index (χ0) is 26.5. The van der Waals surface area contributed by atoms with Crippen LogP contribution in [0.1, 0.15) is 58.9 Å². The molecule has 0 amide bonds. The second-order valence-corrected chi connectivity index (χ2v) is 9.65. The normalized spacial score (nSPS) is 12.0. The summed E-state index contributed by atoms with van der Waals surface area (Å²) in [7, 11) is 0. The van der Waals surface area contributed by atoms with Crippen molar-refractivity contribution in [2.45, 2.75) is 60.3 Å². The quantitative estimate of drug-likeness (QED) is 0.105. The largest absolute Gasteiger partial charge is 0.512 e. The molecule has 1 aliphatic heterocycles. The molecule has 0 saturated carbocycles. The van der Waals surface area contributed by atoms with Gasteiger partial charge in [-0.2, -0.15) is 0 Å². The number of ketones is 1. The van der Waals surface area contributed by atoms with Gasteiger partial charge in [-0.1, -0.05) is 68.8 Å². The standard InChI is InChI=1S/C20H12NO.C13H24O2.Ir/c1-12-5-2-8-14-16(12)11-21-19-15-9-3-6-13-7-4-10-17(18(13)15)22-20(14)19;1-5-10(6-2)12(14)9-13(15)11(7-3)8-4;/h2-8,10-11H,1H3;9-11,14H,5-8H2,1-4H3;/q-1;;/b;12-9-;. The van der Waals surface area contributed by atoms with E-state index in [9.17, 15) is 9.90 Å². The van der Waals surface area contributed by atoms with Gasteiger partial charge in [0.1, 0.15) is 5.75 Å². The Kier molecular flexibility index (Phi) is 10.2. The Morgan fingerprint density at radius 1 is 0.974 bits per heavy atom. The SMILES string of the molecule is CCC(CC)C(=O)/C=C(\O)C(CC)CC.Cc1cccc2c3c(ncc12)-c1[c-]ccc2cccc(c12)O3.[Ir]. The average molecular weight is 687 g/mol. The molecule has 4 nitrogen and oxygen atoms in total. The first-order chi connectivity index (χ1) is 17.9. The third kappa shape index (κ3) is 5.85. The van der Waals surface area contributed by atoms with Crippen LogP contribution in [-0.4, -0.2) is 15.9 Å². The number of hydrogen-bond acceptors (Lipinski definition) is 4. The van der Waals surface area contributed by atoms with Crippen LogP contribution in [0.15, 0.2) is 66.6 Å². The van der Waals surface area contributed by atoms with Gasteiger partial charge >= 0.3 is 0 Å². The van der Waals surface area contributed by atoms with Crippen LogP contribution >= 0.6 is 0 Å². The van der Waals surface area contributed by atoms with Crippen molar-refractivity contribution in [1.29, 1.82) is 0 Å². The van der Waals surface area contributed by atoms with E-state index in [1.54, 1.807) is 0 Å². The van der Waals surface area contributed by atoms with Crippen LogP contribution in [0.3, 0.4) is 0 Å². The number of aryl methyl sites for hydroxylation is 1. The van der Waals surface area contributed by atoms with E-state index in [2.05, 4.69) is 48.3 Å². The summed E-state index contributed by atoms with van der Waals surface area (Å²) in [6.45, 7) is 10.2. The van der Waals surface area contributed by atoms with Gasteiger partial charge in [-0.3, -0.25) is 4.79 Å². The third-order valence-electron chi connectivity index (χ3n) is 7.44. The van der Waals surface area contributed by atoms with Gasteiger partial charge in [0, 0.05) is 60.7 Å². The second-order valence-electron chi connectivity index (χ2n) is 9.65. The van der Waals surface area contributed by atoms with E-state index in [1.807, 2.05) is 52.1 Å². The number of nitrogens with zero attached hydrogens (tertiary/aromatic N) is 1. The van der Waals surface area contributed by atoms with Crippen molar-refractivity contribution in [2.24, 2.45) is 11.8 Å². The Hall–Kier alpha value is -3.01. The molecule has 4 aromatic rings. The molecule has 0 atom stereocenters. The maximum Gasteiger partial charge on any atom is 0.162 e. The number of aromatic nitrogens is 1. The molecule has 38 heavy (non-hydrogen) atoms. The number of allylic oxidation sites excluding steroid dienone is 2. The number of ether oxygens (including phenoxy) is 1. The van der Waals surface area contributed by atoms with Crippen molar-refractivity contribution in [2.75, 3.05) is 0 Å². The summed E-state index contributed by atoms with van der Waals surface area (Å²) < 4.78 is 6.24. The average Bonchev–Trinajstić information content (AvgIpc) is 2.91. The van der Waals surface area contributed by atoms with Crippen molar-refractivity contribution in [1.82, 2.24) is 4.98 Å². The molecule has 3 aromatic carbocycles. The van der Waals surface area contributed by atoms with Gasteiger partial charge in [0.25, 0.3) is 0 Å². The Labute approximate surface area is 239 Å². The second kappa shape index (κ2) is 13.2. The van der Waals surface area contributed by atoms with Crippen LogP contribution < -0.4 is 4.74 Å². The van der Waals surface area contributed by atoms with E-state index < -0.39 is 0 Å². The van der Waals surface area contributed by atoms with Gasteiger partial charge < -0.3 is 14.8 Å². The van der Waals surface area contributed by atoms with Crippen LogP contribution in [0, 0.1) is 24.8 Å². The minimum atomic E-state index is 0. The first-order valence-corrected chi connectivity index (χ1v) is 13.4. The van der Waals surface area contributed by atoms with E-state index in [0.717, 1.165) is 70.0 Å². The van der Waals surface area contributed by atoms with Gasteiger partial charge in [0.15, 0.2) is 5.78 Å². The molecule has 0 aliphatic carbocycles. The minimum absolute atomic E-state index is 0. The van der Waals surface area contributed by atoms with E-state index in [0.29, 0.717) is 0 Å². The number of aliphatic hydroxyl groups is 1. The van der Waals surface area contributed by atoms with Crippen molar-refractivity contribution < 1.29 is 34.7 Å². The maximum atomic E-state index is 11.7. The molecule has 1 aliphatic rings. The number of fused-ring (bicyclic) bond motifs is 4. The summed E-state index contributed by atoms with van der Waals surface area (Å²) in [4.78, 5) is 16.4. The molecular formula is C33H36IrNO3-. The summed E-state index contributed by atoms with van der Waals surface area (Å²) in [5.41, 5.74) is 3.11. The maximum absolute atomic E-state index is 11.7. The molecule has 0 fully saturated rings. The smallest absolute Gasteiger partial charge is 0.162 e. The fraction of sp³-hybridized carbons (Fsp3) is 0.333. The number of benzene rings is 3. The summed E-state index contributed by atoms with van der Waals surface area (Å²) >= 11 is 0. The molecule has 0 bridgehead atoms. The molecule has 0 unspecified atom stereocenters. The Bertz CT molecular complexity index is 1450. The molecule has 2 heterocycles. The summed E-state index contributed by atoms with van der Waals surface area (Å²) in [6, 6.07) is 19.7. The van der Waals surface area contributed by atoms with Crippen LogP contribution in [0.5, 0.6) is 11.5 Å². The minimum Gasteiger partial charge on any atom is -0.512 e. The number of rotatable bonds is 7. The van der Waals surface area contributed by atoms with Crippen LogP contribution in [0.25, 0.3) is 32.8 Å². The molecule has 201 valence electrons. The summed E-state index contributed by atoms with van der Waals surface area (Å²) in [6.07, 6.45) is 6.84. The van der Waals surface area contributed by atoms with E-state index in [-0.39, 0.29) is 43.5 Å².